The second kappa shape index (κ2) is 4.82. The van der Waals surface area contributed by atoms with Crippen molar-refractivity contribution in [2.75, 3.05) is 0 Å². The van der Waals surface area contributed by atoms with E-state index in [2.05, 4.69) is 0 Å². The van der Waals surface area contributed by atoms with Crippen LogP contribution in [0.3, 0.4) is 0 Å². The second-order valence-electron chi connectivity index (χ2n) is 5.20. The lowest BCUT2D eigenvalue weighted by molar-refractivity contribution is -0.235. The van der Waals surface area contributed by atoms with Crippen LogP contribution < -0.4 is 0 Å². The van der Waals surface area contributed by atoms with Gasteiger partial charge in [0.05, 0.1) is 5.56 Å². The fraction of sp³-hybridized carbons (Fsp3) is 0.500. The highest BCUT2D eigenvalue weighted by atomic mass is 16.7. The minimum absolute atomic E-state index is 0.406. The molecule has 1 heterocycles. The summed E-state index contributed by atoms with van der Waals surface area (Å²) in [4.78, 5) is 12.0. The van der Waals surface area contributed by atoms with E-state index >= 15 is 0 Å². The van der Waals surface area contributed by atoms with Crippen molar-refractivity contribution in [3.8, 4) is 0 Å². The molecule has 1 aliphatic carbocycles. The highest BCUT2D eigenvalue weighted by Crippen LogP contribution is 2.47. The summed E-state index contributed by atoms with van der Waals surface area (Å²) >= 11 is 0. The number of ether oxygens (including phenoxy) is 2. The van der Waals surface area contributed by atoms with Crippen LogP contribution in [0.4, 0.5) is 0 Å². The monoisotopic (exact) mass is 280 g/mol. The van der Waals surface area contributed by atoms with E-state index in [0.29, 0.717) is 18.4 Å². The average molecular weight is 280 g/mol. The third-order valence-corrected chi connectivity index (χ3v) is 4.06. The van der Waals surface area contributed by atoms with Crippen molar-refractivity contribution >= 4 is 5.97 Å². The van der Waals surface area contributed by atoms with Crippen LogP contribution in [-0.2, 0) is 9.47 Å². The van der Waals surface area contributed by atoms with Gasteiger partial charge in [-0.1, -0.05) is 18.2 Å². The van der Waals surface area contributed by atoms with E-state index in [1.54, 1.807) is 30.3 Å². The molecule has 3 rings (SSSR count). The molecule has 6 heteroatoms. The molecular formula is C14H16O6. The Morgan fingerprint density at radius 2 is 1.95 bits per heavy atom. The van der Waals surface area contributed by atoms with Gasteiger partial charge in [0, 0.05) is 0 Å². The van der Waals surface area contributed by atoms with E-state index in [0.717, 1.165) is 0 Å². The van der Waals surface area contributed by atoms with Crippen molar-refractivity contribution in [2.45, 2.75) is 43.0 Å². The van der Waals surface area contributed by atoms with Crippen molar-refractivity contribution in [1.29, 1.82) is 0 Å². The summed E-state index contributed by atoms with van der Waals surface area (Å²) in [6.45, 7) is 0. The van der Waals surface area contributed by atoms with Crippen LogP contribution in [-0.4, -0.2) is 51.5 Å². The Kier molecular flexibility index (Phi) is 3.25. The zero-order valence-corrected chi connectivity index (χ0v) is 10.7. The molecule has 2 aliphatic rings. The first-order valence-corrected chi connectivity index (χ1v) is 6.52. The molecule has 6 nitrogen and oxygen atoms in total. The van der Waals surface area contributed by atoms with Gasteiger partial charge in [-0.2, -0.15) is 0 Å². The molecule has 3 N–H and O–H groups in total. The molecule has 20 heavy (non-hydrogen) atoms. The minimum atomic E-state index is -1.46. The van der Waals surface area contributed by atoms with Gasteiger partial charge in [-0.15, -0.1) is 0 Å². The molecule has 5 atom stereocenters. The predicted octanol–water partition coefficient (Wildman–Crippen LogP) is -0.185. The number of esters is 1. The van der Waals surface area contributed by atoms with Crippen LogP contribution in [0.1, 0.15) is 23.2 Å². The number of hydrogen-bond acceptors (Lipinski definition) is 6. The first-order chi connectivity index (χ1) is 9.54. The Hall–Kier alpha value is -1.47. The zero-order valence-electron chi connectivity index (χ0n) is 10.7. The van der Waals surface area contributed by atoms with Crippen molar-refractivity contribution in [3.05, 3.63) is 35.9 Å². The summed E-state index contributed by atoms with van der Waals surface area (Å²) in [7, 11) is 0. The smallest absolute Gasteiger partial charge is 0.338 e. The van der Waals surface area contributed by atoms with Gasteiger partial charge in [0.2, 0.25) is 0 Å². The molecule has 0 radical (unpaired) electrons. The number of carbonyl (C=O) groups is 1. The lowest BCUT2D eigenvalue weighted by atomic mass is 9.72. The van der Waals surface area contributed by atoms with Gasteiger partial charge in [0.15, 0.2) is 6.29 Å². The largest absolute Gasteiger partial charge is 0.456 e. The Balaban J connectivity index is 1.72. The Morgan fingerprint density at radius 1 is 1.25 bits per heavy atom. The number of aliphatic hydroxyl groups is 3. The van der Waals surface area contributed by atoms with Crippen molar-refractivity contribution in [2.24, 2.45) is 0 Å². The topological polar surface area (TPSA) is 96.2 Å². The van der Waals surface area contributed by atoms with Gasteiger partial charge in [-0.05, 0) is 25.0 Å². The van der Waals surface area contributed by atoms with E-state index in [1.807, 2.05) is 0 Å². The van der Waals surface area contributed by atoms with E-state index in [9.17, 15) is 20.1 Å². The molecule has 0 amide bonds. The molecule has 1 spiro atoms. The summed E-state index contributed by atoms with van der Waals surface area (Å²) in [5, 5.41) is 29.0. The summed E-state index contributed by atoms with van der Waals surface area (Å²) in [6.07, 6.45) is -3.82. The van der Waals surface area contributed by atoms with Gasteiger partial charge in [0.25, 0.3) is 0 Å². The molecule has 1 saturated heterocycles. The van der Waals surface area contributed by atoms with Crippen LogP contribution in [0, 0.1) is 0 Å². The van der Waals surface area contributed by atoms with Crippen molar-refractivity contribution in [3.63, 3.8) is 0 Å². The number of aliphatic hydroxyl groups excluding tert-OH is 3. The number of rotatable bonds is 2. The van der Waals surface area contributed by atoms with Crippen LogP contribution in [0.25, 0.3) is 0 Å². The maximum absolute atomic E-state index is 12.0. The second-order valence-corrected chi connectivity index (χ2v) is 5.20. The summed E-state index contributed by atoms with van der Waals surface area (Å²) in [6, 6.07) is 8.49. The van der Waals surface area contributed by atoms with E-state index < -0.39 is 36.2 Å². The minimum Gasteiger partial charge on any atom is -0.456 e. The molecular weight excluding hydrogens is 264 g/mol. The molecule has 1 aromatic carbocycles. The van der Waals surface area contributed by atoms with E-state index in [1.165, 1.54) is 0 Å². The number of benzene rings is 1. The molecule has 2 fully saturated rings. The lowest BCUT2D eigenvalue weighted by Gasteiger charge is -2.46. The molecule has 1 unspecified atom stereocenters. The summed E-state index contributed by atoms with van der Waals surface area (Å²) in [5.74, 6) is -0.513. The Labute approximate surface area is 115 Å². The predicted molar refractivity (Wildman–Crippen MR) is 66.7 cm³/mol. The van der Waals surface area contributed by atoms with Crippen molar-refractivity contribution < 1.29 is 29.6 Å². The maximum Gasteiger partial charge on any atom is 0.338 e. The SMILES string of the molecule is O=C(O[C@@H]1CC[C@]12O[C@@H](O)C(O)[C@H]2O)c1ccccc1. The fourth-order valence-electron chi connectivity index (χ4n) is 2.76. The van der Waals surface area contributed by atoms with Gasteiger partial charge in [-0.3, -0.25) is 0 Å². The molecule has 1 aromatic rings. The molecule has 1 saturated carbocycles. The quantitative estimate of drug-likeness (QED) is 0.650. The van der Waals surface area contributed by atoms with Gasteiger partial charge >= 0.3 is 5.97 Å². The third kappa shape index (κ3) is 1.92. The number of carbonyl (C=O) groups excluding carboxylic acids is 1. The molecule has 0 bridgehead atoms. The van der Waals surface area contributed by atoms with Crippen molar-refractivity contribution in [1.82, 2.24) is 0 Å². The van der Waals surface area contributed by atoms with Gasteiger partial charge in [0.1, 0.15) is 23.9 Å². The maximum atomic E-state index is 12.0. The summed E-state index contributed by atoms with van der Waals surface area (Å²) in [5.41, 5.74) is -0.786. The number of hydrogen-bond donors (Lipinski definition) is 3. The summed E-state index contributed by atoms with van der Waals surface area (Å²) < 4.78 is 10.6. The Morgan fingerprint density at radius 3 is 2.45 bits per heavy atom. The van der Waals surface area contributed by atoms with Gasteiger partial charge < -0.3 is 24.8 Å². The zero-order chi connectivity index (χ0) is 14.3. The third-order valence-electron chi connectivity index (χ3n) is 4.06. The van der Waals surface area contributed by atoms with E-state index in [-0.39, 0.29) is 0 Å². The molecule has 108 valence electrons. The van der Waals surface area contributed by atoms with E-state index in [4.69, 9.17) is 9.47 Å². The highest BCUT2D eigenvalue weighted by Gasteiger charge is 2.64. The first kappa shape index (κ1) is 13.5. The average Bonchev–Trinajstić information content (AvgIpc) is 2.70. The van der Waals surface area contributed by atoms with Gasteiger partial charge in [-0.25, -0.2) is 4.79 Å². The van der Waals surface area contributed by atoms with Crippen LogP contribution in [0.5, 0.6) is 0 Å². The fourth-order valence-corrected chi connectivity index (χ4v) is 2.76. The molecule has 0 aromatic heterocycles. The normalized spacial score (nSPS) is 39.5. The lowest BCUT2D eigenvalue weighted by Crippen LogP contribution is -2.61. The highest BCUT2D eigenvalue weighted by molar-refractivity contribution is 5.89. The van der Waals surface area contributed by atoms with Crippen LogP contribution >= 0.6 is 0 Å². The molecule has 1 aliphatic heterocycles. The van der Waals surface area contributed by atoms with Crippen LogP contribution in [0.15, 0.2) is 30.3 Å². The standard InChI is InChI=1S/C14H16O6/c15-10-11(16)14(20-13(10)18)7-6-9(14)19-12(17)8-4-2-1-3-5-8/h1-5,9-11,13,15-16,18H,6-7H2/t9-,10?,11-,13-,14+/m1/s1. The first-order valence-electron chi connectivity index (χ1n) is 6.52. The van der Waals surface area contributed by atoms with Crippen LogP contribution in [0.2, 0.25) is 0 Å². The Bertz CT molecular complexity index is 504.